The zero-order valence-electron chi connectivity index (χ0n) is 20.6. The van der Waals surface area contributed by atoms with E-state index >= 15 is 0 Å². The minimum absolute atomic E-state index is 0. The number of nitrogens with two attached hydrogens (primary N) is 1. The fourth-order valence-electron chi connectivity index (χ4n) is 5.22. The number of nitrogen functional groups attached to an aromatic ring is 1. The topological polar surface area (TPSA) is 99.0 Å². The van der Waals surface area contributed by atoms with E-state index in [-0.39, 0.29) is 12.4 Å². The molecule has 1 aliphatic heterocycles. The molecule has 38 heavy (non-hydrogen) atoms. The second-order valence-corrected chi connectivity index (χ2v) is 10.4. The Balaban J connectivity index is 0.00000264. The van der Waals surface area contributed by atoms with E-state index < -0.39 is 0 Å². The third-order valence-corrected chi connectivity index (χ3v) is 8.12. The molecule has 5 heterocycles. The maximum absolute atomic E-state index is 6.39. The molecule has 0 spiro atoms. The van der Waals surface area contributed by atoms with Gasteiger partial charge in [-0.2, -0.15) is 10.2 Å². The molecule has 0 saturated carbocycles. The number of thiazole rings is 1. The number of halogens is 1. The molecule has 1 fully saturated rings. The van der Waals surface area contributed by atoms with Gasteiger partial charge < -0.3 is 11.1 Å². The average Bonchev–Trinajstić information content (AvgIpc) is 3.66. The van der Waals surface area contributed by atoms with Crippen molar-refractivity contribution in [2.45, 2.75) is 25.3 Å². The molecule has 3 N–H and O–H groups in total. The number of nitrogens with zero attached hydrogens (tertiary/aromatic N) is 6. The van der Waals surface area contributed by atoms with Gasteiger partial charge in [0.2, 0.25) is 0 Å². The van der Waals surface area contributed by atoms with Crippen LogP contribution in [0.2, 0.25) is 0 Å². The van der Waals surface area contributed by atoms with Crippen LogP contribution in [-0.4, -0.2) is 42.5 Å². The van der Waals surface area contributed by atoms with Crippen molar-refractivity contribution in [1.82, 2.24) is 34.7 Å². The maximum atomic E-state index is 6.39. The van der Waals surface area contributed by atoms with Gasteiger partial charge in [0.1, 0.15) is 11.8 Å². The molecular weight excluding hydrogens is 516 g/mol. The first-order valence-electron chi connectivity index (χ1n) is 12.5. The van der Waals surface area contributed by atoms with Crippen LogP contribution in [0.3, 0.4) is 0 Å². The second kappa shape index (κ2) is 10.2. The summed E-state index contributed by atoms with van der Waals surface area (Å²) in [7, 11) is 0. The lowest BCUT2D eigenvalue weighted by Gasteiger charge is -2.20. The Morgan fingerprint density at radius 1 is 1.05 bits per heavy atom. The first-order valence-corrected chi connectivity index (χ1v) is 13.4. The molecule has 8 nitrogen and oxygen atoms in total. The maximum Gasteiger partial charge on any atom is 0.152 e. The van der Waals surface area contributed by atoms with Crippen LogP contribution in [0.1, 0.15) is 29.3 Å². The molecule has 6 aromatic rings. The van der Waals surface area contributed by atoms with Crippen molar-refractivity contribution in [3.63, 3.8) is 0 Å². The van der Waals surface area contributed by atoms with Gasteiger partial charge in [-0.25, -0.2) is 14.5 Å². The zero-order chi connectivity index (χ0) is 24.8. The quantitative estimate of drug-likeness (QED) is 0.303. The van der Waals surface area contributed by atoms with Gasteiger partial charge in [-0.3, -0.25) is 4.68 Å². The van der Waals surface area contributed by atoms with Crippen molar-refractivity contribution in [1.29, 1.82) is 0 Å². The van der Waals surface area contributed by atoms with Crippen LogP contribution >= 0.6 is 23.7 Å². The number of hydrogen-bond donors (Lipinski definition) is 2. The summed E-state index contributed by atoms with van der Waals surface area (Å²) >= 11 is 1.73. The molecule has 0 unspecified atom stereocenters. The Morgan fingerprint density at radius 2 is 1.89 bits per heavy atom. The summed E-state index contributed by atoms with van der Waals surface area (Å²) in [5.41, 5.74) is 13.2. The first-order chi connectivity index (χ1) is 18.2. The standard InChI is InChI=1S/C28H26N8S.ClH/c29-27-26-22(20-6-7-21-15-35(34-23(21)12-20)14-18-4-2-1-3-5-18)13-25(36(26)32-17-31-27)24-16-37-28(33-24)19-8-10-30-11-9-19;/h1-7,12-13,15-17,19,30H,8-11,14H2,(H2,29,31,32);1H. The predicted molar refractivity (Wildman–Crippen MR) is 155 cm³/mol. The summed E-state index contributed by atoms with van der Waals surface area (Å²) in [4.78, 5) is 9.33. The molecule has 2 aromatic carbocycles. The van der Waals surface area contributed by atoms with Gasteiger partial charge >= 0.3 is 0 Å². The molecule has 10 heteroatoms. The van der Waals surface area contributed by atoms with E-state index in [1.54, 1.807) is 11.3 Å². The molecule has 1 aliphatic rings. The molecule has 0 bridgehead atoms. The van der Waals surface area contributed by atoms with E-state index in [9.17, 15) is 0 Å². The van der Waals surface area contributed by atoms with Crippen molar-refractivity contribution < 1.29 is 0 Å². The number of fused-ring (bicyclic) bond motifs is 2. The summed E-state index contributed by atoms with van der Waals surface area (Å²) in [5.74, 6) is 0.957. The molecule has 0 radical (unpaired) electrons. The molecular formula is C28H27ClN8S. The first kappa shape index (κ1) is 24.5. The van der Waals surface area contributed by atoms with Crippen LogP contribution in [0, 0.1) is 0 Å². The van der Waals surface area contributed by atoms with Gasteiger partial charge in [0.25, 0.3) is 0 Å². The van der Waals surface area contributed by atoms with E-state index in [2.05, 4.69) is 75.5 Å². The summed E-state index contributed by atoms with van der Waals surface area (Å²) in [5, 5.41) is 17.3. The number of anilines is 1. The number of piperidine rings is 1. The molecule has 7 rings (SSSR count). The molecule has 1 saturated heterocycles. The molecule has 0 atom stereocenters. The largest absolute Gasteiger partial charge is 0.382 e. The Hall–Kier alpha value is -3.79. The summed E-state index contributed by atoms with van der Waals surface area (Å²) in [6, 6.07) is 18.8. The van der Waals surface area contributed by atoms with E-state index in [0.29, 0.717) is 11.7 Å². The highest BCUT2D eigenvalue weighted by Gasteiger charge is 2.22. The monoisotopic (exact) mass is 542 g/mol. The highest BCUT2D eigenvalue weighted by atomic mass is 35.5. The van der Waals surface area contributed by atoms with Crippen LogP contribution in [0.25, 0.3) is 38.9 Å². The van der Waals surface area contributed by atoms with E-state index in [1.165, 1.54) is 16.9 Å². The predicted octanol–water partition coefficient (Wildman–Crippen LogP) is 5.39. The molecule has 0 amide bonds. The number of nitrogens with one attached hydrogen (secondary N) is 1. The van der Waals surface area contributed by atoms with Crippen molar-refractivity contribution in [3.05, 3.63) is 83.1 Å². The van der Waals surface area contributed by atoms with Crippen molar-refractivity contribution >= 4 is 46.0 Å². The molecule has 4 aromatic heterocycles. The minimum Gasteiger partial charge on any atom is -0.382 e. The van der Waals surface area contributed by atoms with Crippen LogP contribution in [0.4, 0.5) is 5.82 Å². The smallest absolute Gasteiger partial charge is 0.152 e. The number of hydrogen-bond acceptors (Lipinski definition) is 7. The van der Waals surface area contributed by atoms with Gasteiger partial charge in [-0.1, -0.05) is 42.5 Å². The average molecular weight is 543 g/mol. The second-order valence-electron chi connectivity index (χ2n) is 9.53. The van der Waals surface area contributed by atoms with Crippen molar-refractivity contribution in [2.75, 3.05) is 18.8 Å². The fourth-order valence-corrected chi connectivity index (χ4v) is 6.20. The van der Waals surface area contributed by atoms with Crippen molar-refractivity contribution in [2.24, 2.45) is 0 Å². The minimum atomic E-state index is 0. The van der Waals surface area contributed by atoms with Crippen LogP contribution in [-0.2, 0) is 6.54 Å². The SMILES string of the molecule is Cl.Nc1ncnn2c(-c3csc(C4CCNCC4)n3)cc(-c3ccc4cn(Cc5ccccc5)nc4c3)c12. The van der Waals surface area contributed by atoms with E-state index in [4.69, 9.17) is 15.8 Å². The lowest BCUT2D eigenvalue weighted by molar-refractivity contribution is 0.459. The van der Waals surface area contributed by atoms with Gasteiger partial charge in [-0.15, -0.1) is 23.7 Å². The zero-order valence-corrected chi connectivity index (χ0v) is 22.3. The Morgan fingerprint density at radius 3 is 2.74 bits per heavy atom. The van der Waals surface area contributed by atoms with Gasteiger partial charge in [0.15, 0.2) is 5.82 Å². The van der Waals surface area contributed by atoms with Crippen molar-refractivity contribution in [3.8, 4) is 22.5 Å². The van der Waals surface area contributed by atoms with E-state index in [0.717, 1.165) is 71.4 Å². The summed E-state index contributed by atoms with van der Waals surface area (Å²) < 4.78 is 3.86. The molecule has 192 valence electrons. The Labute approximate surface area is 230 Å². The summed E-state index contributed by atoms with van der Waals surface area (Å²) in [6.07, 6.45) is 5.84. The van der Waals surface area contributed by atoms with Gasteiger partial charge in [0, 0.05) is 28.4 Å². The van der Waals surface area contributed by atoms with Crippen LogP contribution < -0.4 is 11.1 Å². The Bertz CT molecular complexity index is 1720. The molecule has 0 aliphatic carbocycles. The lowest BCUT2D eigenvalue weighted by Crippen LogP contribution is -2.26. The number of rotatable bonds is 5. The highest BCUT2D eigenvalue weighted by molar-refractivity contribution is 7.10. The number of aromatic nitrogens is 6. The van der Waals surface area contributed by atoms with Gasteiger partial charge in [0.05, 0.1) is 28.5 Å². The van der Waals surface area contributed by atoms with Gasteiger partial charge in [-0.05, 0) is 49.2 Å². The van der Waals surface area contributed by atoms with Crippen LogP contribution in [0.5, 0.6) is 0 Å². The van der Waals surface area contributed by atoms with Crippen LogP contribution in [0.15, 0.2) is 72.5 Å². The number of benzene rings is 2. The lowest BCUT2D eigenvalue weighted by atomic mass is 9.99. The van der Waals surface area contributed by atoms with E-state index in [1.807, 2.05) is 15.3 Å². The summed E-state index contributed by atoms with van der Waals surface area (Å²) in [6.45, 7) is 2.82. The Kier molecular flexibility index (Phi) is 6.57. The third kappa shape index (κ3) is 4.42. The third-order valence-electron chi connectivity index (χ3n) is 7.11. The normalized spacial score (nSPS) is 14.2. The fraction of sp³-hybridized carbons (Fsp3) is 0.214. The highest BCUT2D eigenvalue weighted by Crippen LogP contribution is 2.37.